The monoisotopic (exact) mass is 305 g/mol. The van der Waals surface area contributed by atoms with E-state index in [1.54, 1.807) is 20.8 Å². The maximum atomic E-state index is 13.7. The van der Waals surface area contributed by atoms with Crippen molar-refractivity contribution < 1.29 is 27.9 Å². The van der Waals surface area contributed by atoms with Crippen LogP contribution in [0.1, 0.15) is 40.5 Å². The molecule has 1 heterocycles. The van der Waals surface area contributed by atoms with E-state index in [2.05, 4.69) is 0 Å². The SMILES string of the molecule is CC(=O)CC(=O)C1CN(C(=O)OC(C)(C)C)CC(F)(F)C1. The van der Waals surface area contributed by atoms with Crippen LogP contribution in [0, 0.1) is 5.92 Å². The molecule has 7 heteroatoms. The molecule has 21 heavy (non-hydrogen) atoms. The highest BCUT2D eigenvalue weighted by molar-refractivity contribution is 5.99. The molecule has 0 saturated carbocycles. The number of piperidine rings is 1. The summed E-state index contributed by atoms with van der Waals surface area (Å²) >= 11 is 0. The first-order chi connectivity index (χ1) is 9.39. The Bertz CT molecular complexity index is 443. The topological polar surface area (TPSA) is 63.7 Å². The highest BCUT2D eigenvalue weighted by Crippen LogP contribution is 2.32. The van der Waals surface area contributed by atoms with Gasteiger partial charge in [0.1, 0.15) is 17.2 Å². The predicted molar refractivity (Wildman–Crippen MR) is 71.2 cm³/mol. The van der Waals surface area contributed by atoms with E-state index in [4.69, 9.17) is 4.74 Å². The molecule has 0 aromatic carbocycles. The van der Waals surface area contributed by atoms with E-state index in [1.807, 2.05) is 0 Å². The Hall–Kier alpha value is -1.53. The molecule has 1 atom stereocenters. The van der Waals surface area contributed by atoms with E-state index in [-0.39, 0.29) is 18.7 Å². The molecular weight excluding hydrogens is 284 g/mol. The third kappa shape index (κ3) is 5.77. The zero-order chi connectivity index (χ0) is 16.4. The molecule has 0 spiro atoms. The molecule has 0 aromatic heterocycles. The number of alkyl halides is 2. The van der Waals surface area contributed by atoms with Crippen molar-refractivity contribution in [2.75, 3.05) is 13.1 Å². The molecule has 120 valence electrons. The molecule has 0 aliphatic carbocycles. The van der Waals surface area contributed by atoms with Crippen molar-refractivity contribution in [2.45, 2.75) is 52.1 Å². The van der Waals surface area contributed by atoms with Crippen LogP contribution >= 0.6 is 0 Å². The Morgan fingerprint density at radius 3 is 2.33 bits per heavy atom. The quantitative estimate of drug-likeness (QED) is 0.751. The first kappa shape index (κ1) is 17.5. The van der Waals surface area contributed by atoms with Crippen LogP contribution in [0.5, 0.6) is 0 Å². The number of ether oxygens (including phenoxy) is 1. The first-order valence-corrected chi connectivity index (χ1v) is 6.77. The Labute approximate surface area is 122 Å². The number of amides is 1. The molecular formula is C14H21F2NO4. The normalized spacial score (nSPS) is 21.8. The van der Waals surface area contributed by atoms with Gasteiger partial charge in [-0.3, -0.25) is 9.59 Å². The maximum absolute atomic E-state index is 13.7. The van der Waals surface area contributed by atoms with Gasteiger partial charge < -0.3 is 9.64 Å². The molecule has 5 nitrogen and oxygen atoms in total. The van der Waals surface area contributed by atoms with Crippen LogP contribution in [-0.2, 0) is 14.3 Å². The van der Waals surface area contributed by atoms with E-state index < -0.39 is 42.3 Å². The minimum Gasteiger partial charge on any atom is -0.444 e. The minimum atomic E-state index is -3.16. The second-order valence-electron chi connectivity index (χ2n) is 6.46. The van der Waals surface area contributed by atoms with Crippen molar-refractivity contribution >= 4 is 17.7 Å². The van der Waals surface area contributed by atoms with Crippen molar-refractivity contribution in [3.63, 3.8) is 0 Å². The maximum Gasteiger partial charge on any atom is 0.410 e. The molecule has 1 fully saturated rings. The highest BCUT2D eigenvalue weighted by Gasteiger charge is 2.45. The molecule has 1 rings (SSSR count). The van der Waals surface area contributed by atoms with Gasteiger partial charge in [0.25, 0.3) is 5.92 Å². The van der Waals surface area contributed by atoms with Crippen molar-refractivity contribution in [3.8, 4) is 0 Å². The summed E-state index contributed by atoms with van der Waals surface area (Å²) in [7, 11) is 0. The van der Waals surface area contributed by atoms with E-state index >= 15 is 0 Å². The number of hydrogen-bond donors (Lipinski definition) is 0. The summed E-state index contributed by atoms with van der Waals surface area (Å²) in [4.78, 5) is 35.5. The number of carbonyl (C=O) groups excluding carboxylic acids is 3. The van der Waals surface area contributed by atoms with Crippen LogP contribution in [0.3, 0.4) is 0 Å². The average Bonchev–Trinajstić information content (AvgIpc) is 2.23. The van der Waals surface area contributed by atoms with Crippen LogP contribution in [0.4, 0.5) is 13.6 Å². The number of likely N-dealkylation sites (tertiary alicyclic amines) is 1. The lowest BCUT2D eigenvalue weighted by molar-refractivity contribution is -0.137. The zero-order valence-corrected chi connectivity index (χ0v) is 12.7. The summed E-state index contributed by atoms with van der Waals surface area (Å²) in [5, 5.41) is 0. The molecule has 0 aromatic rings. The van der Waals surface area contributed by atoms with Gasteiger partial charge in [0, 0.05) is 18.9 Å². The summed E-state index contributed by atoms with van der Waals surface area (Å²) in [6, 6.07) is 0. The Morgan fingerprint density at radius 1 is 1.29 bits per heavy atom. The van der Waals surface area contributed by atoms with Gasteiger partial charge in [0.05, 0.1) is 13.0 Å². The summed E-state index contributed by atoms with van der Waals surface area (Å²) < 4.78 is 32.5. The number of halogens is 2. The number of rotatable bonds is 3. The molecule has 0 radical (unpaired) electrons. The third-order valence-electron chi connectivity index (χ3n) is 2.94. The number of nitrogens with zero attached hydrogens (tertiary/aromatic N) is 1. The second-order valence-corrected chi connectivity index (χ2v) is 6.46. The number of carbonyl (C=O) groups is 3. The molecule has 0 bridgehead atoms. The van der Waals surface area contributed by atoms with Gasteiger partial charge in [0.15, 0.2) is 0 Å². The van der Waals surface area contributed by atoms with E-state index in [0.717, 1.165) is 4.90 Å². The van der Waals surface area contributed by atoms with Crippen LogP contribution in [-0.4, -0.2) is 47.2 Å². The summed E-state index contributed by atoms with van der Waals surface area (Å²) in [6.45, 7) is 5.20. The fourth-order valence-electron chi connectivity index (χ4n) is 2.17. The van der Waals surface area contributed by atoms with Crippen molar-refractivity contribution in [2.24, 2.45) is 5.92 Å². The summed E-state index contributed by atoms with van der Waals surface area (Å²) in [5.74, 6) is -5.13. The largest absolute Gasteiger partial charge is 0.444 e. The van der Waals surface area contributed by atoms with Gasteiger partial charge in [0.2, 0.25) is 0 Å². The Kier molecular flexibility index (Phi) is 5.07. The van der Waals surface area contributed by atoms with Crippen LogP contribution < -0.4 is 0 Å². The van der Waals surface area contributed by atoms with Crippen molar-refractivity contribution in [1.82, 2.24) is 4.90 Å². The van der Waals surface area contributed by atoms with Gasteiger partial charge in [-0.05, 0) is 27.7 Å². The lowest BCUT2D eigenvalue weighted by atomic mass is 9.89. The average molecular weight is 305 g/mol. The fraction of sp³-hybridized carbons (Fsp3) is 0.786. The number of ketones is 2. The lowest BCUT2D eigenvalue weighted by Crippen LogP contribution is -2.52. The van der Waals surface area contributed by atoms with Gasteiger partial charge in [-0.2, -0.15) is 0 Å². The van der Waals surface area contributed by atoms with Crippen LogP contribution in [0.2, 0.25) is 0 Å². The number of hydrogen-bond acceptors (Lipinski definition) is 4. The molecule has 1 amide bonds. The van der Waals surface area contributed by atoms with Gasteiger partial charge >= 0.3 is 6.09 Å². The first-order valence-electron chi connectivity index (χ1n) is 6.77. The summed E-state index contributed by atoms with van der Waals surface area (Å²) in [6.07, 6.45) is -1.90. The standard InChI is InChI=1S/C14H21F2NO4/c1-9(18)5-11(19)10-6-14(15,16)8-17(7-10)12(20)21-13(2,3)4/h10H,5-8H2,1-4H3. The third-order valence-corrected chi connectivity index (χ3v) is 2.94. The second kappa shape index (κ2) is 6.07. The minimum absolute atomic E-state index is 0.142. The van der Waals surface area contributed by atoms with Crippen molar-refractivity contribution in [3.05, 3.63) is 0 Å². The Morgan fingerprint density at radius 2 is 1.86 bits per heavy atom. The predicted octanol–water partition coefficient (Wildman–Crippen LogP) is 2.43. The number of Topliss-reactive ketones (excluding diaryl/α,β-unsaturated/α-hetero) is 2. The highest BCUT2D eigenvalue weighted by atomic mass is 19.3. The summed E-state index contributed by atoms with van der Waals surface area (Å²) in [5.41, 5.74) is -0.803. The molecule has 1 aliphatic heterocycles. The fourth-order valence-corrected chi connectivity index (χ4v) is 2.17. The molecule has 1 saturated heterocycles. The van der Waals surface area contributed by atoms with Crippen LogP contribution in [0.15, 0.2) is 0 Å². The van der Waals surface area contributed by atoms with Gasteiger partial charge in [-0.15, -0.1) is 0 Å². The van der Waals surface area contributed by atoms with E-state index in [9.17, 15) is 23.2 Å². The zero-order valence-electron chi connectivity index (χ0n) is 12.7. The molecule has 1 unspecified atom stereocenters. The van der Waals surface area contributed by atoms with Gasteiger partial charge in [-0.1, -0.05) is 0 Å². The molecule has 0 N–H and O–H groups in total. The van der Waals surface area contributed by atoms with Crippen molar-refractivity contribution in [1.29, 1.82) is 0 Å². The van der Waals surface area contributed by atoms with Crippen LogP contribution in [0.25, 0.3) is 0 Å². The molecule has 1 aliphatic rings. The Balaban J connectivity index is 2.81. The van der Waals surface area contributed by atoms with Gasteiger partial charge in [-0.25, -0.2) is 13.6 Å². The van der Waals surface area contributed by atoms with E-state index in [0.29, 0.717) is 0 Å². The smallest absolute Gasteiger partial charge is 0.410 e. The lowest BCUT2D eigenvalue weighted by Gasteiger charge is -2.37. The van der Waals surface area contributed by atoms with E-state index in [1.165, 1.54) is 6.92 Å².